The molecular formula is C16H29N. The van der Waals surface area contributed by atoms with E-state index in [0.717, 1.165) is 6.42 Å². The normalized spacial score (nSPS) is 20.9. The maximum Gasteiger partial charge on any atom is 0.0244 e. The summed E-state index contributed by atoms with van der Waals surface area (Å²) < 4.78 is 0. The zero-order valence-corrected chi connectivity index (χ0v) is 11.9. The van der Waals surface area contributed by atoms with Crippen LogP contribution in [0, 0.1) is 23.2 Å². The van der Waals surface area contributed by atoms with E-state index >= 15 is 0 Å². The highest BCUT2D eigenvalue weighted by molar-refractivity contribution is 5.08. The van der Waals surface area contributed by atoms with E-state index in [4.69, 9.17) is 5.73 Å². The van der Waals surface area contributed by atoms with Crippen LogP contribution in [-0.4, -0.2) is 6.04 Å². The fourth-order valence-corrected chi connectivity index (χ4v) is 2.52. The first-order valence-corrected chi connectivity index (χ1v) is 7.24. The van der Waals surface area contributed by atoms with Gasteiger partial charge >= 0.3 is 0 Å². The number of rotatable bonds is 2. The Balaban J connectivity index is 2.38. The van der Waals surface area contributed by atoms with Crippen LogP contribution in [0.2, 0.25) is 0 Å². The zero-order valence-electron chi connectivity index (χ0n) is 11.9. The van der Waals surface area contributed by atoms with Crippen molar-refractivity contribution < 1.29 is 0 Å². The maximum absolute atomic E-state index is 6.30. The molecule has 1 aliphatic carbocycles. The average molecular weight is 235 g/mol. The molecule has 1 atom stereocenters. The van der Waals surface area contributed by atoms with Crippen molar-refractivity contribution in [2.24, 2.45) is 17.1 Å². The minimum atomic E-state index is 0.112. The monoisotopic (exact) mass is 235 g/mol. The van der Waals surface area contributed by atoms with Crippen LogP contribution in [0.25, 0.3) is 0 Å². The first kappa shape index (κ1) is 14.6. The van der Waals surface area contributed by atoms with Crippen molar-refractivity contribution >= 4 is 0 Å². The van der Waals surface area contributed by atoms with Gasteiger partial charge in [-0.25, -0.2) is 0 Å². The van der Waals surface area contributed by atoms with Gasteiger partial charge in [-0.2, -0.15) is 0 Å². The second-order valence-electron chi connectivity index (χ2n) is 6.52. The van der Waals surface area contributed by atoms with Crippen LogP contribution < -0.4 is 5.73 Å². The summed E-state index contributed by atoms with van der Waals surface area (Å²) in [4.78, 5) is 0. The van der Waals surface area contributed by atoms with Gasteiger partial charge in [-0.1, -0.05) is 38.0 Å². The highest BCUT2D eigenvalue weighted by Crippen LogP contribution is 2.25. The topological polar surface area (TPSA) is 26.0 Å². The molecule has 1 rings (SSSR count). The van der Waals surface area contributed by atoms with Gasteiger partial charge in [-0.3, -0.25) is 0 Å². The summed E-state index contributed by atoms with van der Waals surface area (Å²) in [5.74, 6) is 7.29. The largest absolute Gasteiger partial charge is 0.327 e. The molecular weight excluding hydrogens is 206 g/mol. The first-order chi connectivity index (χ1) is 7.99. The minimum absolute atomic E-state index is 0.112. The molecule has 0 radical (unpaired) electrons. The Morgan fingerprint density at radius 2 is 1.59 bits per heavy atom. The molecule has 1 nitrogen and oxygen atoms in total. The summed E-state index contributed by atoms with van der Waals surface area (Å²) in [5, 5.41) is 0. The molecule has 0 aliphatic heterocycles. The van der Waals surface area contributed by atoms with Crippen LogP contribution in [0.3, 0.4) is 0 Å². The van der Waals surface area contributed by atoms with E-state index < -0.39 is 0 Å². The van der Waals surface area contributed by atoms with Crippen molar-refractivity contribution in [1.29, 1.82) is 0 Å². The van der Waals surface area contributed by atoms with E-state index in [1.807, 2.05) is 0 Å². The van der Waals surface area contributed by atoms with Crippen LogP contribution in [0.1, 0.15) is 72.1 Å². The second kappa shape index (κ2) is 7.07. The highest BCUT2D eigenvalue weighted by atomic mass is 14.6. The third kappa shape index (κ3) is 6.74. The third-order valence-electron chi connectivity index (χ3n) is 3.56. The van der Waals surface area contributed by atoms with Crippen LogP contribution in [0.4, 0.5) is 0 Å². The molecule has 98 valence electrons. The Morgan fingerprint density at radius 1 is 1.06 bits per heavy atom. The van der Waals surface area contributed by atoms with Crippen molar-refractivity contribution in [2.75, 3.05) is 0 Å². The van der Waals surface area contributed by atoms with Gasteiger partial charge in [0.2, 0.25) is 0 Å². The summed E-state index contributed by atoms with van der Waals surface area (Å²) in [7, 11) is 0. The molecule has 17 heavy (non-hydrogen) atoms. The predicted octanol–water partition coefficient (Wildman–Crippen LogP) is 4.11. The van der Waals surface area contributed by atoms with Crippen molar-refractivity contribution in [3.63, 3.8) is 0 Å². The molecule has 1 aliphatic rings. The smallest absolute Gasteiger partial charge is 0.0244 e. The molecule has 0 bridgehead atoms. The van der Waals surface area contributed by atoms with Crippen LogP contribution in [-0.2, 0) is 0 Å². The molecule has 1 fully saturated rings. The van der Waals surface area contributed by atoms with Crippen molar-refractivity contribution in [3.05, 3.63) is 0 Å². The van der Waals surface area contributed by atoms with Gasteiger partial charge in [0.15, 0.2) is 0 Å². The molecule has 1 saturated carbocycles. The van der Waals surface area contributed by atoms with E-state index in [1.54, 1.807) is 0 Å². The van der Waals surface area contributed by atoms with Crippen LogP contribution in [0.5, 0.6) is 0 Å². The van der Waals surface area contributed by atoms with Gasteiger partial charge in [0.25, 0.3) is 0 Å². The van der Waals surface area contributed by atoms with Gasteiger partial charge < -0.3 is 5.73 Å². The molecule has 1 heteroatoms. The molecule has 0 saturated heterocycles. The fraction of sp³-hybridized carbons (Fsp3) is 0.875. The number of hydrogen-bond acceptors (Lipinski definition) is 1. The lowest BCUT2D eigenvalue weighted by molar-refractivity contribution is 0.326. The van der Waals surface area contributed by atoms with Crippen LogP contribution >= 0.6 is 0 Å². The molecule has 0 aromatic rings. The fourth-order valence-electron chi connectivity index (χ4n) is 2.52. The quantitative estimate of drug-likeness (QED) is 0.716. The van der Waals surface area contributed by atoms with Crippen molar-refractivity contribution in [3.8, 4) is 11.8 Å². The summed E-state index contributed by atoms with van der Waals surface area (Å²) in [5.41, 5.74) is 6.41. The maximum atomic E-state index is 6.30. The molecule has 1 unspecified atom stereocenters. The van der Waals surface area contributed by atoms with Gasteiger partial charge in [-0.05, 0) is 39.5 Å². The standard InChI is InChI=1S/C16H29N/c1-16(2,3)13-9-12-15(17)14-10-7-5-4-6-8-11-14/h14-15H,4-8,10-12,17H2,1-3H3. The highest BCUT2D eigenvalue weighted by Gasteiger charge is 2.17. The van der Waals surface area contributed by atoms with E-state index in [2.05, 4.69) is 32.6 Å². The van der Waals surface area contributed by atoms with Gasteiger partial charge in [-0.15, -0.1) is 5.92 Å². The molecule has 0 spiro atoms. The third-order valence-corrected chi connectivity index (χ3v) is 3.56. The first-order valence-electron chi connectivity index (χ1n) is 7.24. The van der Waals surface area contributed by atoms with E-state index in [0.29, 0.717) is 12.0 Å². The second-order valence-corrected chi connectivity index (χ2v) is 6.52. The molecule has 0 heterocycles. The zero-order chi connectivity index (χ0) is 12.7. The summed E-state index contributed by atoms with van der Waals surface area (Å²) in [6.45, 7) is 6.46. The Labute approximate surface area is 108 Å². The predicted molar refractivity (Wildman–Crippen MR) is 75.6 cm³/mol. The van der Waals surface area contributed by atoms with Gasteiger partial charge in [0, 0.05) is 17.9 Å². The summed E-state index contributed by atoms with van der Waals surface area (Å²) in [6, 6.07) is 0.294. The Morgan fingerprint density at radius 3 is 2.12 bits per heavy atom. The SMILES string of the molecule is CC(C)(C)C#CCC(N)C1CCCCCCC1. The Kier molecular flexibility index (Phi) is 6.06. The summed E-state index contributed by atoms with van der Waals surface area (Å²) in [6.07, 6.45) is 10.5. The lowest BCUT2D eigenvalue weighted by Crippen LogP contribution is -2.30. The minimum Gasteiger partial charge on any atom is -0.327 e. The van der Waals surface area contributed by atoms with Gasteiger partial charge in [0.1, 0.15) is 0 Å². The number of hydrogen-bond donors (Lipinski definition) is 1. The van der Waals surface area contributed by atoms with Crippen LogP contribution in [0.15, 0.2) is 0 Å². The van der Waals surface area contributed by atoms with Gasteiger partial charge in [0.05, 0.1) is 0 Å². The van der Waals surface area contributed by atoms with Crippen molar-refractivity contribution in [2.45, 2.75) is 78.2 Å². The molecule has 0 amide bonds. The van der Waals surface area contributed by atoms with E-state index in [-0.39, 0.29) is 5.41 Å². The van der Waals surface area contributed by atoms with E-state index in [9.17, 15) is 0 Å². The lowest BCUT2D eigenvalue weighted by atomic mass is 9.85. The molecule has 2 N–H and O–H groups in total. The molecule has 0 aromatic carbocycles. The van der Waals surface area contributed by atoms with E-state index in [1.165, 1.54) is 44.9 Å². The summed E-state index contributed by atoms with van der Waals surface area (Å²) >= 11 is 0. The number of nitrogens with two attached hydrogens (primary N) is 1. The Hall–Kier alpha value is -0.480. The average Bonchev–Trinajstić information content (AvgIpc) is 2.14. The van der Waals surface area contributed by atoms with Crippen molar-refractivity contribution in [1.82, 2.24) is 0 Å². The Bertz CT molecular complexity index is 255. The lowest BCUT2D eigenvalue weighted by Gasteiger charge is -2.24. The molecule has 0 aromatic heterocycles.